The molecule has 150 valence electrons. The molecule has 1 aromatic rings. The highest BCUT2D eigenvalue weighted by Gasteiger charge is 2.37. The van der Waals surface area contributed by atoms with Crippen molar-refractivity contribution in [2.75, 3.05) is 19.8 Å². The highest BCUT2D eigenvalue weighted by Crippen LogP contribution is 2.14. The second kappa shape index (κ2) is 11.7. The first-order valence-corrected chi connectivity index (χ1v) is 8.72. The van der Waals surface area contributed by atoms with Gasteiger partial charge in [-0.25, -0.2) is 24.8 Å². The quantitative estimate of drug-likeness (QED) is 0.399. The fourth-order valence-electron chi connectivity index (χ4n) is 2.30. The Morgan fingerprint density at radius 1 is 1.00 bits per heavy atom. The molecule has 1 rings (SSSR count). The molecule has 0 fully saturated rings. The normalized spacial score (nSPS) is 12.4. The molecule has 0 saturated carbocycles. The summed E-state index contributed by atoms with van der Waals surface area (Å²) in [5, 5.41) is 11.2. The summed E-state index contributed by atoms with van der Waals surface area (Å²) >= 11 is 0. The van der Waals surface area contributed by atoms with Gasteiger partial charge in [0.2, 0.25) is 0 Å². The highest BCUT2D eigenvalue weighted by molar-refractivity contribution is 5.78. The number of hydrogen-bond acceptors (Lipinski definition) is 7. The van der Waals surface area contributed by atoms with Crippen molar-refractivity contribution >= 4 is 18.2 Å². The summed E-state index contributed by atoms with van der Waals surface area (Å²) < 4.78 is 14.6. The average Bonchev–Trinajstić information content (AvgIpc) is 2.65. The highest BCUT2D eigenvalue weighted by atomic mass is 16.6. The third-order valence-electron chi connectivity index (χ3n) is 3.46. The van der Waals surface area contributed by atoms with E-state index >= 15 is 0 Å². The molecule has 0 saturated heterocycles. The van der Waals surface area contributed by atoms with Crippen molar-refractivity contribution in [2.24, 2.45) is 0 Å². The zero-order valence-corrected chi connectivity index (χ0v) is 15.7. The second-order valence-electron chi connectivity index (χ2n) is 5.36. The number of ether oxygens (including phenoxy) is 3. The Morgan fingerprint density at radius 3 is 2.15 bits per heavy atom. The number of carbonyl (C=O) groups is 3. The van der Waals surface area contributed by atoms with Gasteiger partial charge in [0, 0.05) is 0 Å². The molecule has 2 N–H and O–H groups in total. The number of amides is 2. The number of hydrazine groups is 1. The van der Waals surface area contributed by atoms with Crippen LogP contribution in [-0.2, 0) is 25.4 Å². The molecule has 0 radical (unpaired) electrons. The Morgan fingerprint density at radius 2 is 1.59 bits per heavy atom. The first-order chi connectivity index (χ1) is 12.9. The molecule has 0 aliphatic carbocycles. The number of aliphatic hydroxyl groups excluding tert-OH is 1. The van der Waals surface area contributed by atoms with Crippen LogP contribution in [0.4, 0.5) is 9.59 Å². The van der Waals surface area contributed by atoms with Gasteiger partial charge < -0.3 is 19.3 Å². The SMILES string of the molecule is CCOC(=O)NN(C(=O)OCC)C(Cc1ccccc1)C(O)C(=O)OCC. The molecular formula is C18H26N2O7. The molecule has 0 spiro atoms. The molecule has 9 nitrogen and oxygen atoms in total. The van der Waals surface area contributed by atoms with E-state index in [2.05, 4.69) is 5.43 Å². The predicted octanol–water partition coefficient (Wildman–Crippen LogP) is 1.64. The van der Waals surface area contributed by atoms with Crippen LogP contribution in [-0.4, -0.2) is 60.2 Å². The standard InChI is InChI=1S/C18H26N2O7/c1-4-25-16(22)15(21)14(12-13-10-8-7-9-11-13)20(18(24)27-6-3)19-17(23)26-5-2/h7-11,14-15,21H,4-6,12H2,1-3H3,(H,19,23). The van der Waals surface area contributed by atoms with E-state index in [0.717, 1.165) is 10.6 Å². The van der Waals surface area contributed by atoms with E-state index in [4.69, 9.17) is 14.2 Å². The molecule has 27 heavy (non-hydrogen) atoms. The average molecular weight is 382 g/mol. The monoisotopic (exact) mass is 382 g/mol. The molecule has 0 aliphatic heterocycles. The number of nitrogens with one attached hydrogen (secondary N) is 1. The number of rotatable bonds is 8. The van der Waals surface area contributed by atoms with Gasteiger partial charge in [-0.15, -0.1) is 0 Å². The number of carbonyl (C=O) groups excluding carboxylic acids is 3. The van der Waals surface area contributed by atoms with Crippen molar-refractivity contribution in [2.45, 2.75) is 39.3 Å². The van der Waals surface area contributed by atoms with Gasteiger partial charge in [-0.3, -0.25) is 0 Å². The van der Waals surface area contributed by atoms with Crippen molar-refractivity contribution in [1.29, 1.82) is 0 Å². The second-order valence-corrected chi connectivity index (χ2v) is 5.36. The molecule has 0 bridgehead atoms. The lowest BCUT2D eigenvalue weighted by molar-refractivity contribution is -0.157. The van der Waals surface area contributed by atoms with Gasteiger partial charge in [-0.05, 0) is 32.8 Å². The molecule has 2 unspecified atom stereocenters. The summed E-state index contributed by atoms with van der Waals surface area (Å²) in [6, 6.07) is 7.71. The summed E-state index contributed by atoms with van der Waals surface area (Å²) in [6.45, 7) is 4.95. The van der Waals surface area contributed by atoms with Crippen LogP contribution in [0.15, 0.2) is 30.3 Å². The van der Waals surface area contributed by atoms with Crippen LogP contribution in [0.3, 0.4) is 0 Å². The zero-order valence-electron chi connectivity index (χ0n) is 15.7. The van der Waals surface area contributed by atoms with Gasteiger partial charge in [-0.2, -0.15) is 0 Å². The Kier molecular flexibility index (Phi) is 9.66. The fraction of sp³-hybridized carbons (Fsp3) is 0.500. The lowest BCUT2D eigenvalue weighted by Gasteiger charge is -2.32. The number of hydrogen-bond donors (Lipinski definition) is 2. The maximum absolute atomic E-state index is 12.4. The molecule has 0 aromatic heterocycles. The Labute approximate surface area is 158 Å². The summed E-state index contributed by atoms with van der Waals surface area (Å²) in [6.07, 6.45) is -3.50. The minimum atomic E-state index is -1.71. The van der Waals surface area contributed by atoms with Crippen LogP contribution < -0.4 is 5.43 Å². The Bertz CT molecular complexity index is 609. The summed E-state index contributed by atoms with van der Waals surface area (Å²) in [7, 11) is 0. The molecule has 0 aliphatic rings. The van der Waals surface area contributed by atoms with Gasteiger partial charge in [0.05, 0.1) is 25.9 Å². The zero-order chi connectivity index (χ0) is 20.2. The summed E-state index contributed by atoms with van der Waals surface area (Å²) in [5.74, 6) is -0.918. The van der Waals surface area contributed by atoms with Gasteiger partial charge >= 0.3 is 18.2 Å². The molecule has 0 heterocycles. The third kappa shape index (κ3) is 7.14. The fourth-order valence-corrected chi connectivity index (χ4v) is 2.30. The van der Waals surface area contributed by atoms with Crippen LogP contribution in [0.5, 0.6) is 0 Å². The van der Waals surface area contributed by atoms with E-state index in [0.29, 0.717) is 0 Å². The first-order valence-electron chi connectivity index (χ1n) is 8.72. The Hall–Kier alpha value is -2.81. The van der Waals surface area contributed by atoms with Gasteiger partial charge in [0.1, 0.15) is 0 Å². The first kappa shape index (κ1) is 22.2. The van der Waals surface area contributed by atoms with Gasteiger partial charge in [0.25, 0.3) is 0 Å². The van der Waals surface area contributed by atoms with E-state index < -0.39 is 30.3 Å². The van der Waals surface area contributed by atoms with E-state index in [1.54, 1.807) is 51.1 Å². The number of nitrogens with zero attached hydrogens (tertiary/aromatic N) is 1. The number of aliphatic hydroxyl groups is 1. The van der Waals surface area contributed by atoms with Crippen LogP contribution in [0, 0.1) is 0 Å². The molecular weight excluding hydrogens is 356 g/mol. The summed E-state index contributed by atoms with van der Waals surface area (Å²) in [4.78, 5) is 36.3. The lowest BCUT2D eigenvalue weighted by atomic mass is 10.0. The molecule has 9 heteroatoms. The van der Waals surface area contributed by atoms with Crippen molar-refractivity contribution in [3.63, 3.8) is 0 Å². The molecule has 2 atom stereocenters. The maximum atomic E-state index is 12.4. The van der Waals surface area contributed by atoms with Gasteiger partial charge in [-0.1, -0.05) is 30.3 Å². The number of esters is 1. The van der Waals surface area contributed by atoms with E-state index in [1.807, 2.05) is 0 Å². The van der Waals surface area contributed by atoms with E-state index in [9.17, 15) is 19.5 Å². The van der Waals surface area contributed by atoms with Crippen molar-refractivity contribution in [1.82, 2.24) is 10.4 Å². The largest absolute Gasteiger partial charge is 0.464 e. The lowest BCUT2D eigenvalue weighted by Crippen LogP contribution is -2.58. The van der Waals surface area contributed by atoms with Crippen LogP contribution in [0.2, 0.25) is 0 Å². The maximum Gasteiger partial charge on any atom is 0.429 e. The van der Waals surface area contributed by atoms with Crippen molar-refractivity contribution < 1.29 is 33.7 Å². The minimum absolute atomic E-state index is 0.0351. The smallest absolute Gasteiger partial charge is 0.429 e. The topological polar surface area (TPSA) is 114 Å². The van der Waals surface area contributed by atoms with Crippen molar-refractivity contribution in [3.8, 4) is 0 Å². The van der Waals surface area contributed by atoms with E-state index in [1.165, 1.54) is 0 Å². The summed E-state index contributed by atoms with van der Waals surface area (Å²) in [5.41, 5.74) is 2.96. The number of benzene rings is 1. The van der Waals surface area contributed by atoms with Crippen LogP contribution >= 0.6 is 0 Å². The van der Waals surface area contributed by atoms with Gasteiger partial charge in [0.15, 0.2) is 6.10 Å². The Balaban J connectivity index is 3.18. The van der Waals surface area contributed by atoms with Crippen molar-refractivity contribution in [3.05, 3.63) is 35.9 Å². The predicted molar refractivity (Wildman–Crippen MR) is 95.6 cm³/mol. The van der Waals surface area contributed by atoms with Crippen LogP contribution in [0.1, 0.15) is 26.3 Å². The van der Waals surface area contributed by atoms with E-state index in [-0.39, 0.29) is 26.2 Å². The minimum Gasteiger partial charge on any atom is -0.464 e. The van der Waals surface area contributed by atoms with Crippen LogP contribution in [0.25, 0.3) is 0 Å². The third-order valence-corrected chi connectivity index (χ3v) is 3.46. The molecule has 1 aromatic carbocycles. The molecule has 2 amide bonds.